The Balaban J connectivity index is 1.65. The molecule has 8 nitrogen and oxygen atoms in total. The van der Waals surface area contributed by atoms with Crippen LogP contribution in [0.1, 0.15) is 18.4 Å². The highest BCUT2D eigenvalue weighted by Gasteiger charge is 2.30. The molecular weight excluding hydrogens is 310 g/mol. The van der Waals surface area contributed by atoms with Gasteiger partial charge in [0, 0.05) is 37.5 Å². The number of hydrogen-bond acceptors (Lipinski definition) is 5. The van der Waals surface area contributed by atoms with Crippen molar-refractivity contribution in [2.24, 2.45) is 7.05 Å². The van der Waals surface area contributed by atoms with Crippen LogP contribution in [0.25, 0.3) is 0 Å². The maximum absolute atomic E-state index is 12.3. The van der Waals surface area contributed by atoms with E-state index in [1.54, 1.807) is 29.1 Å². The molecule has 2 aromatic rings. The van der Waals surface area contributed by atoms with Crippen molar-refractivity contribution in [3.8, 4) is 0 Å². The number of anilines is 1. The third-order valence-corrected chi connectivity index (χ3v) is 3.93. The Kier molecular flexibility index (Phi) is 4.57. The zero-order chi connectivity index (χ0) is 17.1. The minimum absolute atomic E-state index is 0.101. The van der Waals surface area contributed by atoms with E-state index in [-0.39, 0.29) is 23.8 Å². The minimum atomic E-state index is -0.496. The number of para-hydroxylation sites is 2. The summed E-state index contributed by atoms with van der Waals surface area (Å²) in [5, 5.41) is 17.8. The van der Waals surface area contributed by atoms with Crippen LogP contribution >= 0.6 is 0 Å². The molecule has 3 rings (SSSR count). The monoisotopic (exact) mass is 329 g/mol. The molecule has 1 saturated carbocycles. The Morgan fingerprint density at radius 1 is 1.46 bits per heavy atom. The topological polar surface area (TPSA) is 93.3 Å². The first-order valence-corrected chi connectivity index (χ1v) is 7.78. The molecule has 1 aromatic carbocycles. The molecule has 0 unspecified atom stereocenters. The average molecular weight is 329 g/mol. The average Bonchev–Trinajstić information content (AvgIpc) is 3.30. The fourth-order valence-corrected chi connectivity index (χ4v) is 2.65. The van der Waals surface area contributed by atoms with Gasteiger partial charge in [0.15, 0.2) is 0 Å². The van der Waals surface area contributed by atoms with Gasteiger partial charge in [-0.1, -0.05) is 12.1 Å². The normalized spacial score (nSPS) is 13.9. The van der Waals surface area contributed by atoms with E-state index < -0.39 is 4.92 Å². The highest BCUT2D eigenvalue weighted by atomic mass is 16.6. The van der Waals surface area contributed by atoms with Gasteiger partial charge in [-0.2, -0.15) is 5.10 Å². The first-order valence-electron chi connectivity index (χ1n) is 7.78. The lowest BCUT2D eigenvalue weighted by Gasteiger charge is -2.20. The van der Waals surface area contributed by atoms with E-state index in [9.17, 15) is 14.9 Å². The Morgan fingerprint density at radius 2 is 2.21 bits per heavy atom. The molecule has 24 heavy (non-hydrogen) atoms. The van der Waals surface area contributed by atoms with Gasteiger partial charge >= 0.3 is 0 Å². The van der Waals surface area contributed by atoms with Gasteiger partial charge in [-0.25, -0.2) is 0 Å². The van der Waals surface area contributed by atoms with E-state index in [2.05, 4.69) is 15.3 Å². The summed E-state index contributed by atoms with van der Waals surface area (Å²) in [6, 6.07) is 6.55. The SMILES string of the molecule is Cn1cc(CN(CC(=O)Nc2ccccc2[N+](=O)[O-])C2CC2)cn1. The number of nitrogens with one attached hydrogen (secondary N) is 1. The number of amides is 1. The lowest BCUT2D eigenvalue weighted by Crippen LogP contribution is -2.34. The van der Waals surface area contributed by atoms with Crippen molar-refractivity contribution in [2.75, 3.05) is 11.9 Å². The molecule has 1 aromatic heterocycles. The molecule has 1 amide bonds. The smallest absolute Gasteiger partial charge is 0.292 e. The molecule has 1 aliphatic carbocycles. The number of nitro benzene ring substituents is 1. The van der Waals surface area contributed by atoms with E-state index in [1.165, 1.54) is 6.07 Å². The quantitative estimate of drug-likeness (QED) is 0.619. The van der Waals surface area contributed by atoms with Crippen LogP contribution in [0, 0.1) is 10.1 Å². The molecule has 0 aliphatic heterocycles. The van der Waals surface area contributed by atoms with Crippen molar-refractivity contribution in [3.63, 3.8) is 0 Å². The van der Waals surface area contributed by atoms with Gasteiger partial charge in [0.05, 0.1) is 17.7 Å². The first kappa shape index (κ1) is 16.1. The number of benzene rings is 1. The van der Waals surface area contributed by atoms with Crippen LogP contribution in [-0.2, 0) is 18.4 Å². The van der Waals surface area contributed by atoms with E-state index in [0.29, 0.717) is 12.6 Å². The van der Waals surface area contributed by atoms with Crippen molar-refractivity contribution >= 4 is 17.3 Å². The fourth-order valence-electron chi connectivity index (χ4n) is 2.65. The Hall–Kier alpha value is -2.74. The van der Waals surface area contributed by atoms with Crippen LogP contribution < -0.4 is 5.32 Å². The number of nitro groups is 1. The van der Waals surface area contributed by atoms with Crippen LogP contribution in [0.2, 0.25) is 0 Å². The summed E-state index contributed by atoms with van der Waals surface area (Å²) >= 11 is 0. The van der Waals surface area contributed by atoms with Crippen LogP contribution in [0.5, 0.6) is 0 Å². The zero-order valence-corrected chi connectivity index (χ0v) is 13.4. The number of carbonyl (C=O) groups is 1. The lowest BCUT2D eigenvalue weighted by molar-refractivity contribution is -0.383. The molecule has 1 N–H and O–H groups in total. The van der Waals surface area contributed by atoms with E-state index >= 15 is 0 Å². The third-order valence-electron chi connectivity index (χ3n) is 3.93. The maximum Gasteiger partial charge on any atom is 0.292 e. The van der Waals surface area contributed by atoms with Crippen molar-refractivity contribution in [1.82, 2.24) is 14.7 Å². The summed E-state index contributed by atoms with van der Waals surface area (Å²) in [6.07, 6.45) is 5.85. The third kappa shape index (κ3) is 3.96. The van der Waals surface area contributed by atoms with Gasteiger partial charge < -0.3 is 5.32 Å². The molecule has 0 saturated heterocycles. The van der Waals surface area contributed by atoms with Crippen molar-refractivity contribution < 1.29 is 9.72 Å². The summed E-state index contributed by atoms with van der Waals surface area (Å²) in [7, 11) is 1.85. The predicted molar refractivity (Wildman–Crippen MR) is 88.4 cm³/mol. The zero-order valence-electron chi connectivity index (χ0n) is 13.4. The van der Waals surface area contributed by atoms with Gasteiger partial charge in [0.2, 0.25) is 5.91 Å². The number of nitrogens with zero attached hydrogens (tertiary/aromatic N) is 4. The van der Waals surface area contributed by atoms with Crippen molar-refractivity contribution in [2.45, 2.75) is 25.4 Å². The Bertz CT molecular complexity index is 754. The van der Waals surface area contributed by atoms with Crippen molar-refractivity contribution in [1.29, 1.82) is 0 Å². The number of aryl methyl sites for hydroxylation is 1. The van der Waals surface area contributed by atoms with Crippen LogP contribution in [0.3, 0.4) is 0 Å². The summed E-state index contributed by atoms with van der Waals surface area (Å²) in [5.41, 5.74) is 1.17. The van der Waals surface area contributed by atoms with E-state index in [0.717, 1.165) is 18.4 Å². The first-order chi connectivity index (χ1) is 11.5. The number of carbonyl (C=O) groups excluding carboxylic acids is 1. The second-order valence-corrected chi connectivity index (χ2v) is 5.98. The molecule has 126 valence electrons. The van der Waals surface area contributed by atoms with Crippen LogP contribution in [-0.4, -0.2) is 38.1 Å². The highest BCUT2D eigenvalue weighted by molar-refractivity contribution is 5.94. The van der Waals surface area contributed by atoms with E-state index in [4.69, 9.17) is 0 Å². The second-order valence-electron chi connectivity index (χ2n) is 5.98. The number of rotatable bonds is 7. The Morgan fingerprint density at radius 3 is 2.83 bits per heavy atom. The fraction of sp³-hybridized carbons (Fsp3) is 0.375. The van der Waals surface area contributed by atoms with Crippen LogP contribution in [0.15, 0.2) is 36.7 Å². The van der Waals surface area contributed by atoms with Crippen LogP contribution in [0.4, 0.5) is 11.4 Å². The summed E-state index contributed by atoms with van der Waals surface area (Å²) in [4.78, 5) is 24.9. The van der Waals surface area contributed by atoms with Gasteiger partial charge in [-0.3, -0.25) is 24.5 Å². The lowest BCUT2D eigenvalue weighted by atomic mass is 10.2. The molecule has 0 spiro atoms. The number of aromatic nitrogens is 2. The van der Waals surface area contributed by atoms with Gasteiger partial charge in [0.1, 0.15) is 5.69 Å². The van der Waals surface area contributed by atoms with E-state index in [1.807, 2.05) is 13.2 Å². The summed E-state index contributed by atoms with van der Waals surface area (Å²) < 4.78 is 1.73. The van der Waals surface area contributed by atoms with Crippen molar-refractivity contribution in [3.05, 3.63) is 52.3 Å². The molecule has 1 aliphatic rings. The minimum Gasteiger partial charge on any atom is -0.319 e. The largest absolute Gasteiger partial charge is 0.319 e. The molecule has 1 heterocycles. The van der Waals surface area contributed by atoms with Gasteiger partial charge in [0.25, 0.3) is 5.69 Å². The number of hydrogen-bond donors (Lipinski definition) is 1. The standard InChI is InChI=1S/C16H19N5O3/c1-19-9-12(8-17-19)10-20(13-6-7-13)11-16(22)18-14-4-2-3-5-15(14)21(23)24/h2-5,8-9,13H,6-7,10-11H2,1H3,(H,18,22). The maximum atomic E-state index is 12.3. The predicted octanol–water partition coefficient (Wildman–Crippen LogP) is 1.93. The highest BCUT2D eigenvalue weighted by Crippen LogP contribution is 2.28. The molecule has 0 bridgehead atoms. The summed E-state index contributed by atoms with van der Waals surface area (Å²) in [6.45, 7) is 0.842. The molecule has 0 atom stereocenters. The molecule has 1 fully saturated rings. The van der Waals surface area contributed by atoms with Gasteiger partial charge in [-0.15, -0.1) is 0 Å². The Labute approximate surface area is 139 Å². The second kappa shape index (κ2) is 6.79. The van der Waals surface area contributed by atoms with Gasteiger partial charge in [-0.05, 0) is 18.9 Å². The molecule has 8 heteroatoms. The summed E-state index contributed by atoms with van der Waals surface area (Å²) in [5.74, 6) is -0.250. The molecule has 0 radical (unpaired) electrons. The molecular formula is C16H19N5O3.